The van der Waals surface area contributed by atoms with Crippen molar-refractivity contribution in [2.45, 2.75) is 6.42 Å². The molecule has 8 heavy (non-hydrogen) atoms. The minimum absolute atomic E-state index is 0.852. The Bertz CT molecular complexity index is 101. The highest BCUT2D eigenvalue weighted by Crippen LogP contribution is 1.82. The van der Waals surface area contributed by atoms with Gasteiger partial charge in [0.1, 0.15) is 0 Å². The highest BCUT2D eigenvalue weighted by Gasteiger charge is 1.62. The van der Waals surface area contributed by atoms with Crippen LogP contribution in [-0.4, -0.2) is 5.11 Å². The van der Waals surface area contributed by atoms with Crippen molar-refractivity contribution in [3.63, 3.8) is 0 Å². The lowest BCUT2D eigenvalue weighted by molar-refractivity contribution is 0.473. The van der Waals surface area contributed by atoms with Crippen LogP contribution in [0.4, 0.5) is 0 Å². The second-order valence-corrected chi connectivity index (χ2v) is 1.29. The molecule has 1 nitrogen and oxygen atoms in total. The smallest absolute Gasteiger partial charge is 0.0791 e. The third-order valence-electron chi connectivity index (χ3n) is 0.636. The molecule has 0 aromatic carbocycles. The van der Waals surface area contributed by atoms with E-state index in [1.165, 1.54) is 0 Å². The highest BCUT2D eigenvalue weighted by molar-refractivity contribution is 5.01. The molecule has 0 rings (SSSR count). The van der Waals surface area contributed by atoms with E-state index in [1.54, 1.807) is 18.2 Å². The number of hydrogen-bond acceptors (Lipinski definition) is 1. The molecule has 0 aliphatic heterocycles. The van der Waals surface area contributed by atoms with Crippen LogP contribution in [0.3, 0.4) is 0 Å². The number of hydrogen-bond donors (Lipinski definition) is 1. The number of allylic oxidation sites excluding steroid dienone is 4. The number of aliphatic hydroxyl groups excluding tert-OH is 1. The fraction of sp³-hybridized carbons (Fsp3) is 0.143. The van der Waals surface area contributed by atoms with Gasteiger partial charge in [-0.1, -0.05) is 18.2 Å². The SMILES string of the molecule is C=CCC=CC=CO. The normalized spacial score (nSPS) is 11.0. The molecule has 0 fully saturated rings. The monoisotopic (exact) mass is 110 g/mol. The molecule has 0 bridgehead atoms. The van der Waals surface area contributed by atoms with E-state index >= 15 is 0 Å². The van der Waals surface area contributed by atoms with E-state index < -0.39 is 0 Å². The molecule has 0 spiro atoms. The first-order valence-corrected chi connectivity index (χ1v) is 2.48. The maximum atomic E-state index is 8.11. The first-order chi connectivity index (χ1) is 3.91. The zero-order valence-corrected chi connectivity index (χ0v) is 4.75. The minimum atomic E-state index is 0.852. The van der Waals surface area contributed by atoms with E-state index in [0.717, 1.165) is 12.7 Å². The van der Waals surface area contributed by atoms with Crippen molar-refractivity contribution in [1.29, 1.82) is 0 Å². The molecule has 0 amide bonds. The van der Waals surface area contributed by atoms with Gasteiger partial charge < -0.3 is 5.11 Å². The van der Waals surface area contributed by atoms with Gasteiger partial charge in [-0.25, -0.2) is 0 Å². The van der Waals surface area contributed by atoms with Crippen LogP contribution in [0.1, 0.15) is 6.42 Å². The third-order valence-corrected chi connectivity index (χ3v) is 0.636. The van der Waals surface area contributed by atoms with Gasteiger partial charge in [-0.05, 0) is 12.5 Å². The Balaban J connectivity index is 3.19. The number of rotatable bonds is 3. The van der Waals surface area contributed by atoms with Crippen molar-refractivity contribution >= 4 is 0 Å². The molecular formula is C7H10O. The van der Waals surface area contributed by atoms with Crippen LogP contribution < -0.4 is 0 Å². The van der Waals surface area contributed by atoms with Gasteiger partial charge in [0.2, 0.25) is 0 Å². The maximum absolute atomic E-state index is 8.11. The summed E-state index contributed by atoms with van der Waals surface area (Å²) in [6.45, 7) is 3.52. The van der Waals surface area contributed by atoms with Gasteiger partial charge in [0.25, 0.3) is 0 Å². The van der Waals surface area contributed by atoms with E-state index in [4.69, 9.17) is 5.11 Å². The molecular weight excluding hydrogens is 100 g/mol. The van der Waals surface area contributed by atoms with Gasteiger partial charge in [-0.15, -0.1) is 6.58 Å². The zero-order chi connectivity index (χ0) is 6.24. The molecule has 0 aromatic heterocycles. The molecule has 0 unspecified atom stereocenters. The summed E-state index contributed by atoms with van der Waals surface area (Å²) in [5.41, 5.74) is 0. The molecule has 0 aliphatic rings. The van der Waals surface area contributed by atoms with Crippen molar-refractivity contribution in [3.8, 4) is 0 Å². The summed E-state index contributed by atoms with van der Waals surface area (Å²) in [4.78, 5) is 0. The molecule has 0 saturated heterocycles. The van der Waals surface area contributed by atoms with Crippen molar-refractivity contribution in [2.75, 3.05) is 0 Å². The predicted octanol–water partition coefficient (Wildman–Crippen LogP) is 2.19. The second-order valence-electron chi connectivity index (χ2n) is 1.29. The lowest BCUT2D eigenvalue weighted by atomic mass is 10.4. The summed E-state index contributed by atoms with van der Waals surface area (Å²) < 4.78 is 0. The topological polar surface area (TPSA) is 20.2 Å². The Morgan fingerprint density at radius 1 is 1.38 bits per heavy atom. The first-order valence-electron chi connectivity index (χ1n) is 2.48. The van der Waals surface area contributed by atoms with Crippen LogP contribution in [0.25, 0.3) is 0 Å². The summed E-state index contributed by atoms with van der Waals surface area (Å²) in [6, 6.07) is 0. The van der Waals surface area contributed by atoms with Crippen LogP contribution in [0.2, 0.25) is 0 Å². The van der Waals surface area contributed by atoms with E-state index in [9.17, 15) is 0 Å². The standard InChI is InChI=1S/C7H10O/c1-2-3-4-5-6-7-8/h2,4-8H,1,3H2. The fourth-order valence-corrected chi connectivity index (χ4v) is 0.303. The minimum Gasteiger partial charge on any atom is -0.516 e. The Labute approximate surface area is 49.7 Å². The summed E-state index contributed by atoms with van der Waals surface area (Å²) >= 11 is 0. The molecule has 0 radical (unpaired) electrons. The van der Waals surface area contributed by atoms with Crippen LogP contribution in [0.5, 0.6) is 0 Å². The average molecular weight is 110 g/mol. The quantitative estimate of drug-likeness (QED) is 0.335. The van der Waals surface area contributed by atoms with Crippen LogP contribution in [0.15, 0.2) is 37.1 Å². The first kappa shape index (κ1) is 7.02. The molecule has 0 saturated carbocycles. The lowest BCUT2D eigenvalue weighted by Gasteiger charge is -1.73. The maximum Gasteiger partial charge on any atom is 0.0791 e. The van der Waals surface area contributed by atoms with Gasteiger partial charge in [0, 0.05) is 0 Å². The summed E-state index contributed by atoms with van der Waals surface area (Å²) in [5.74, 6) is 0. The highest BCUT2D eigenvalue weighted by atomic mass is 16.2. The Hall–Kier alpha value is -0.980. The van der Waals surface area contributed by atoms with Crippen LogP contribution >= 0.6 is 0 Å². The van der Waals surface area contributed by atoms with Gasteiger partial charge in [-0.2, -0.15) is 0 Å². The van der Waals surface area contributed by atoms with E-state index in [2.05, 4.69) is 6.58 Å². The van der Waals surface area contributed by atoms with Crippen molar-refractivity contribution in [1.82, 2.24) is 0 Å². The van der Waals surface area contributed by atoms with E-state index in [0.29, 0.717) is 0 Å². The van der Waals surface area contributed by atoms with E-state index in [-0.39, 0.29) is 0 Å². The average Bonchev–Trinajstić information content (AvgIpc) is 1.81. The van der Waals surface area contributed by atoms with Crippen molar-refractivity contribution in [3.05, 3.63) is 37.1 Å². The molecule has 1 heteroatoms. The summed E-state index contributed by atoms with van der Waals surface area (Å²) in [6.07, 6.45) is 8.87. The molecule has 44 valence electrons. The van der Waals surface area contributed by atoms with Crippen LogP contribution in [-0.2, 0) is 0 Å². The lowest BCUT2D eigenvalue weighted by Crippen LogP contribution is -1.53. The van der Waals surface area contributed by atoms with Gasteiger partial charge >= 0.3 is 0 Å². The summed E-state index contributed by atoms with van der Waals surface area (Å²) in [7, 11) is 0. The molecule has 1 N–H and O–H groups in total. The molecule has 0 aliphatic carbocycles. The van der Waals surface area contributed by atoms with Crippen LogP contribution in [0, 0.1) is 0 Å². The Morgan fingerprint density at radius 3 is 2.62 bits per heavy atom. The van der Waals surface area contributed by atoms with Crippen molar-refractivity contribution < 1.29 is 5.11 Å². The number of aliphatic hydroxyl groups is 1. The largest absolute Gasteiger partial charge is 0.516 e. The Kier molecular flexibility index (Phi) is 5.28. The predicted molar refractivity (Wildman–Crippen MR) is 35.7 cm³/mol. The summed E-state index contributed by atoms with van der Waals surface area (Å²) in [5, 5.41) is 8.11. The zero-order valence-electron chi connectivity index (χ0n) is 4.75. The molecule has 0 atom stereocenters. The van der Waals surface area contributed by atoms with Gasteiger partial charge in [0.15, 0.2) is 0 Å². The fourth-order valence-electron chi connectivity index (χ4n) is 0.303. The van der Waals surface area contributed by atoms with Gasteiger partial charge in [0.05, 0.1) is 6.26 Å². The Morgan fingerprint density at radius 2 is 2.12 bits per heavy atom. The molecule has 0 heterocycles. The second kappa shape index (κ2) is 6.02. The van der Waals surface area contributed by atoms with Gasteiger partial charge in [-0.3, -0.25) is 0 Å². The van der Waals surface area contributed by atoms with E-state index in [1.807, 2.05) is 6.08 Å². The molecule has 0 aromatic rings. The van der Waals surface area contributed by atoms with Crippen molar-refractivity contribution in [2.24, 2.45) is 0 Å². The third kappa shape index (κ3) is 5.02.